The topological polar surface area (TPSA) is 157 Å². The highest BCUT2D eigenvalue weighted by Crippen LogP contribution is 2.75. The minimum atomic E-state index is -1.79. The highest BCUT2D eigenvalue weighted by atomic mass is 16.4. The fourth-order valence-electron chi connectivity index (χ4n) is 9.81. The van der Waals surface area contributed by atoms with Gasteiger partial charge >= 0.3 is 6.09 Å². The first kappa shape index (κ1) is 29.5. The zero-order valence-electron chi connectivity index (χ0n) is 24.8. The van der Waals surface area contributed by atoms with Crippen molar-refractivity contribution in [3.8, 4) is 6.07 Å². The lowest BCUT2D eigenvalue weighted by Crippen LogP contribution is -2.75. The molecule has 0 aromatic heterocycles. The lowest BCUT2D eigenvalue weighted by Gasteiger charge is -2.71. The molecule has 9 heteroatoms. The number of aliphatic hydroxyl groups is 1. The Kier molecular flexibility index (Phi) is 6.66. The molecule has 9 atom stereocenters. The molecule has 0 aromatic carbocycles. The van der Waals surface area contributed by atoms with Gasteiger partial charge in [-0.2, -0.15) is 5.26 Å². The Bertz CT molecular complexity index is 1320. The number of hydrogen-bond acceptors (Lipinski definition) is 6. The Morgan fingerprint density at radius 1 is 1.05 bits per heavy atom. The van der Waals surface area contributed by atoms with Gasteiger partial charge in [0, 0.05) is 35.1 Å². The molecule has 5 aliphatic rings. The number of amides is 2. The van der Waals surface area contributed by atoms with E-state index >= 15 is 0 Å². The molecular formula is C32H43N3O6. The fourth-order valence-corrected chi connectivity index (χ4v) is 9.81. The normalized spacial score (nSPS) is 46.6. The van der Waals surface area contributed by atoms with Crippen molar-refractivity contribution >= 4 is 23.6 Å². The van der Waals surface area contributed by atoms with Crippen LogP contribution in [0, 0.1) is 56.2 Å². The largest absolute Gasteiger partial charge is 0.465 e. The molecular weight excluding hydrogens is 522 g/mol. The molecule has 0 aliphatic heterocycles. The third kappa shape index (κ3) is 3.89. The molecule has 3 fully saturated rings. The van der Waals surface area contributed by atoms with Gasteiger partial charge in [0.2, 0.25) is 5.91 Å². The zero-order chi connectivity index (χ0) is 30.2. The van der Waals surface area contributed by atoms with Crippen LogP contribution >= 0.6 is 0 Å². The number of nitriles is 1. The lowest BCUT2D eigenvalue weighted by molar-refractivity contribution is -0.251. The highest BCUT2D eigenvalue weighted by molar-refractivity contribution is 6.01. The van der Waals surface area contributed by atoms with Crippen molar-refractivity contribution in [1.82, 2.24) is 10.6 Å². The van der Waals surface area contributed by atoms with Crippen molar-refractivity contribution in [3.05, 3.63) is 23.8 Å². The summed E-state index contributed by atoms with van der Waals surface area (Å²) >= 11 is 0. The number of fused-ring (bicyclic) bond motifs is 7. The number of hydrogen-bond donors (Lipinski definition) is 4. The summed E-state index contributed by atoms with van der Waals surface area (Å²) in [6, 6.07) is 2.49. The van der Waals surface area contributed by atoms with Gasteiger partial charge in [0.25, 0.3) is 0 Å². The van der Waals surface area contributed by atoms with Crippen molar-refractivity contribution in [2.24, 2.45) is 44.8 Å². The van der Waals surface area contributed by atoms with Crippen LogP contribution in [0.3, 0.4) is 0 Å². The zero-order valence-corrected chi connectivity index (χ0v) is 24.8. The monoisotopic (exact) mass is 565 g/mol. The van der Waals surface area contributed by atoms with E-state index in [0.29, 0.717) is 25.7 Å². The van der Waals surface area contributed by atoms with Crippen LogP contribution in [0.2, 0.25) is 0 Å². The minimum absolute atomic E-state index is 0.110. The van der Waals surface area contributed by atoms with E-state index in [1.54, 1.807) is 12.2 Å². The predicted molar refractivity (Wildman–Crippen MR) is 150 cm³/mol. The summed E-state index contributed by atoms with van der Waals surface area (Å²) in [4.78, 5) is 49.9. The molecule has 41 heavy (non-hydrogen) atoms. The molecule has 0 heterocycles. The molecule has 0 bridgehead atoms. The molecule has 9 unspecified atom stereocenters. The third-order valence-corrected chi connectivity index (χ3v) is 12.8. The average Bonchev–Trinajstić information content (AvgIpc) is 2.91. The van der Waals surface area contributed by atoms with E-state index in [-0.39, 0.29) is 24.0 Å². The number of carbonyl (C=O) groups excluding carboxylic acids is 3. The standard InChI is InChI=1S/C32H43N3O6/c1-27-10-11-28(2,18-35-24(38)17-34-26(39)40)21(16-33)25(27)32(41)23(37)15-22-29(3)8-7-20(36)14-19(29)6-9-30(22,4)31(32,5)13-12-27/h7-8,15,19,21,25,34,41H,6,9-14,17-18H2,1-5H3,(H,35,38)(H,39,40). The van der Waals surface area contributed by atoms with Crippen LogP contribution in [0.4, 0.5) is 4.79 Å². The van der Waals surface area contributed by atoms with Gasteiger partial charge in [-0.1, -0.05) is 40.7 Å². The van der Waals surface area contributed by atoms with Gasteiger partial charge in [0.05, 0.1) is 18.5 Å². The number of allylic oxidation sites excluding steroid dienone is 3. The molecule has 9 nitrogen and oxygen atoms in total. The summed E-state index contributed by atoms with van der Waals surface area (Å²) in [5.74, 6) is -2.00. The molecule has 2 amide bonds. The summed E-state index contributed by atoms with van der Waals surface area (Å²) in [6.07, 6.45) is 8.74. The van der Waals surface area contributed by atoms with E-state index in [9.17, 15) is 29.5 Å². The molecule has 0 saturated heterocycles. The van der Waals surface area contributed by atoms with Crippen LogP contribution in [-0.2, 0) is 14.4 Å². The Balaban J connectivity index is 1.57. The van der Waals surface area contributed by atoms with Crippen LogP contribution < -0.4 is 10.6 Å². The Hall–Kier alpha value is -2.99. The van der Waals surface area contributed by atoms with E-state index in [1.165, 1.54) is 0 Å². The first-order valence-electron chi connectivity index (χ1n) is 14.9. The number of carbonyl (C=O) groups is 4. The molecule has 0 aromatic rings. The van der Waals surface area contributed by atoms with Crippen molar-refractivity contribution < 1.29 is 29.4 Å². The van der Waals surface area contributed by atoms with Crippen LogP contribution in [0.15, 0.2) is 23.8 Å². The highest BCUT2D eigenvalue weighted by Gasteiger charge is 2.76. The molecule has 4 N–H and O–H groups in total. The maximum absolute atomic E-state index is 14.5. The van der Waals surface area contributed by atoms with Gasteiger partial charge in [-0.3, -0.25) is 14.4 Å². The summed E-state index contributed by atoms with van der Waals surface area (Å²) in [6.45, 7) is 10.1. The number of nitrogens with zero attached hydrogens (tertiary/aromatic N) is 1. The molecule has 5 aliphatic carbocycles. The number of ketones is 2. The lowest BCUT2D eigenvalue weighted by atomic mass is 9.32. The Morgan fingerprint density at radius 3 is 2.39 bits per heavy atom. The molecule has 222 valence electrons. The maximum Gasteiger partial charge on any atom is 0.405 e. The quantitative estimate of drug-likeness (QED) is 0.402. The SMILES string of the molecule is CC1(CNC(=O)CNC(=O)O)CCC2(C)CCC3(C)C4(C)CCC5CC(=O)C=CC5(C)C4=CC(=O)C3(O)C2C1C#N. The van der Waals surface area contributed by atoms with Gasteiger partial charge in [-0.15, -0.1) is 0 Å². The van der Waals surface area contributed by atoms with Crippen LogP contribution in [0.25, 0.3) is 0 Å². The summed E-state index contributed by atoms with van der Waals surface area (Å²) in [5, 5.41) is 37.3. The van der Waals surface area contributed by atoms with Crippen molar-refractivity contribution in [3.63, 3.8) is 0 Å². The van der Waals surface area contributed by atoms with E-state index in [0.717, 1.165) is 24.8 Å². The molecule has 0 spiro atoms. The third-order valence-electron chi connectivity index (χ3n) is 12.8. The number of nitrogens with one attached hydrogen (secondary N) is 2. The van der Waals surface area contributed by atoms with Gasteiger partial charge in [-0.05, 0) is 73.0 Å². The van der Waals surface area contributed by atoms with Crippen molar-refractivity contribution in [2.75, 3.05) is 13.1 Å². The Labute approximate surface area is 241 Å². The maximum atomic E-state index is 14.5. The average molecular weight is 566 g/mol. The summed E-state index contributed by atoms with van der Waals surface area (Å²) in [7, 11) is 0. The second-order valence-electron chi connectivity index (χ2n) is 14.7. The molecule has 0 radical (unpaired) electrons. The van der Waals surface area contributed by atoms with Gasteiger partial charge < -0.3 is 20.8 Å². The van der Waals surface area contributed by atoms with Crippen LogP contribution in [0.5, 0.6) is 0 Å². The second kappa shape index (κ2) is 9.26. The number of carboxylic acid groups (broad SMARTS) is 1. The fraction of sp³-hybridized carbons (Fsp3) is 0.719. The van der Waals surface area contributed by atoms with Crippen molar-refractivity contribution in [1.29, 1.82) is 5.26 Å². The Morgan fingerprint density at radius 2 is 1.73 bits per heavy atom. The van der Waals surface area contributed by atoms with E-state index in [4.69, 9.17) is 5.11 Å². The first-order chi connectivity index (χ1) is 19.0. The van der Waals surface area contributed by atoms with Gasteiger partial charge in [0.15, 0.2) is 11.6 Å². The molecule has 3 saturated carbocycles. The smallest absolute Gasteiger partial charge is 0.405 e. The minimum Gasteiger partial charge on any atom is -0.465 e. The van der Waals surface area contributed by atoms with E-state index in [2.05, 4.69) is 37.5 Å². The van der Waals surface area contributed by atoms with E-state index < -0.39 is 63.1 Å². The van der Waals surface area contributed by atoms with E-state index in [1.807, 2.05) is 19.9 Å². The van der Waals surface area contributed by atoms with Gasteiger partial charge in [0.1, 0.15) is 5.60 Å². The van der Waals surface area contributed by atoms with Crippen LogP contribution in [0.1, 0.15) is 79.6 Å². The molecule has 5 rings (SSSR count). The second-order valence-corrected chi connectivity index (χ2v) is 14.7. The predicted octanol–water partition coefficient (Wildman–Crippen LogP) is 3.92. The summed E-state index contributed by atoms with van der Waals surface area (Å²) in [5.41, 5.74) is -3.77. The summed E-state index contributed by atoms with van der Waals surface area (Å²) < 4.78 is 0. The van der Waals surface area contributed by atoms with Gasteiger partial charge in [-0.25, -0.2) is 4.79 Å². The number of rotatable bonds is 4. The first-order valence-corrected chi connectivity index (χ1v) is 14.9. The van der Waals surface area contributed by atoms with Crippen molar-refractivity contribution in [2.45, 2.75) is 85.2 Å². The van der Waals surface area contributed by atoms with Crippen LogP contribution in [-0.4, -0.2) is 52.5 Å².